The first-order valence-electron chi connectivity index (χ1n) is 10.5. The van der Waals surface area contributed by atoms with Crippen molar-refractivity contribution < 1.29 is 18.3 Å². The number of halogens is 2. The molecule has 2 aromatic carbocycles. The van der Waals surface area contributed by atoms with Crippen LogP contribution in [0.25, 0.3) is 11.8 Å². The quantitative estimate of drug-likeness (QED) is 0.513. The summed E-state index contributed by atoms with van der Waals surface area (Å²) in [6, 6.07) is 8.72. The number of carbonyl (C=O) groups is 1. The molecule has 7 heteroatoms. The first kappa shape index (κ1) is 21.7. The van der Waals surface area contributed by atoms with E-state index in [1.54, 1.807) is 25.3 Å². The van der Waals surface area contributed by atoms with E-state index in [4.69, 9.17) is 4.74 Å². The average Bonchev–Trinajstić information content (AvgIpc) is 3.20. The molecule has 0 saturated carbocycles. The molecule has 1 amide bonds. The minimum Gasteiger partial charge on any atom is -0.495 e. The summed E-state index contributed by atoms with van der Waals surface area (Å²) in [6.07, 6.45) is 6.90. The van der Waals surface area contributed by atoms with E-state index in [0.29, 0.717) is 29.9 Å². The number of benzene rings is 2. The van der Waals surface area contributed by atoms with Crippen molar-refractivity contribution in [3.63, 3.8) is 0 Å². The SMILES string of the molecule is COc1cc(/C=C2\CCCN([C@@H](C)c3ccc(F)cc3F)C2=O)ccc1-n1cnc(C)c1. The van der Waals surface area contributed by atoms with Gasteiger partial charge in [0.25, 0.3) is 0 Å². The molecule has 1 aliphatic rings. The van der Waals surface area contributed by atoms with Crippen molar-refractivity contribution in [2.75, 3.05) is 13.7 Å². The molecule has 166 valence electrons. The smallest absolute Gasteiger partial charge is 0.250 e. The van der Waals surface area contributed by atoms with Gasteiger partial charge in [-0.2, -0.15) is 0 Å². The molecule has 32 heavy (non-hydrogen) atoms. The number of ether oxygens (including phenoxy) is 1. The number of rotatable bonds is 5. The molecule has 0 unspecified atom stereocenters. The van der Waals surface area contributed by atoms with Crippen LogP contribution in [0.3, 0.4) is 0 Å². The van der Waals surface area contributed by atoms with Crippen molar-refractivity contribution in [3.8, 4) is 11.4 Å². The largest absolute Gasteiger partial charge is 0.495 e. The molecular weight excluding hydrogens is 412 g/mol. The molecule has 2 heterocycles. The lowest BCUT2D eigenvalue weighted by Gasteiger charge is -2.34. The van der Waals surface area contributed by atoms with Crippen LogP contribution in [0.5, 0.6) is 5.75 Å². The number of hydrogen-bond donors (Lipinski definition) is 0. The Bertz CT molecular complexity index is 1190. The predicted molar refractivity (Wildman–Crippen MR) is 119 cm³/mol. The Morgan fingerprint density at radius 1 is 1.19 bits per heavy atom. The molecule has 4 rings (SSSR count). The van der Waals surface area contributed by atoms with Crippen LogP contribution in [0.1, 0.15) is 42.6 Å². The molecule has 1 aliphatic heterocycles. The molecule has 0 spiro atoms. The van der Waals surface area contributed by atoms with Gasteiger partial charge in [-0.15, -0.1) is 0 Å². The summed E-state index contributed by atoms with van der Waals surface area (Å²) in [7, 11) is 1.60. The Morgan fingerprint density at radius 2 is 2.00 bits per heavy atom. The van der Waals surface area contributed by atoms with Gasteiger partial charge in [0.05, 0.1) is 30.9 Å². The van der Waals surface area contributed by atoms with E-state index in [9.17, 15) is 13.6 Å². The number of piperidine rings is 1. The molecule has 0 bridgehead atoms. The minimum atomic E-state index is -0.642. The summed E-state index contributed by atoms with van der Waals surface area (Å²) in [5.74, 6) is -0.747. The molecule has 0 N–H and O–H groups in total. The number of amides is 1. The maximum absolute atomic E-state index is 14.3. The van der Waals surface area contributed by atoms with E-state index in [-0.39, 0.29) is 5.91 Å². The number of carbonyl (C=O) groups excluding carboxylic acids is 1. The topological polar surface area (TPSA) is 47.4 Å². The lowest BCUT2D eigenvalue weighted by Crippen LogP contribution is -2.39. The van der Waals surface area contributed by atoms with E-state index in [1.165, 1.54) is 12.1 Å². The van der Waals surface area contributed by atoms with Crippen LogP contribution >= 0.6 is 0 Å². The first-order valence-corrected chi connectivity index (χ1v) is 10.5. The standard InChI is InChI=1S/C25H25F2N3O2/c1-16-14-29(15-28-16)23-9-6-18(12-24(23)32-3)11-19-5-4-10-30(25(19)31)17(2)21-8-7-20(26)13-22(21)27/h6-9,11-15,17H,4-5,10H2,1-3H3/b19-11+/t17-/m0/s1. The zero-order valence-electron chi connectivity index (χ0n) is 18.3. The monoisotopic (exact) mass is 437 g/mol. The number of methoxy groups -OCH3 is 1. The molecule has 1 aromatic heterocycles. The maximum Gasteiger partial charge on any atom is 0.250 e. The second-order valence-corrected chi connectivity index (χ2v) is 7.97. The third-order valence-corrected chi connectivity index (χ3v) is 5.80. The van der Waals surface area contributed by atoms with E-state index < -0.39 is 17.7 Å². The Balaban J connectivity index is 1.60. The highest BCUT2D eigenvalue weighted by Crippen LogP contribution is 2.31. The number of nitrogens with zero attached hydrogens (tertiary/aromatic N) is 3. The van der Waals surface area contributed by atoms with Gasteiger partial charge >= 0.3 is 0 Å². The van der Waals surface area contributed by atoms with E-state index in [2.05, 4.69) is 4.98 Å². The van der Waals surface area contributed by atoms with E-state index in [0.717, 1.165) is 29.4 Å². The molecule has 0 aliphatic carbocycles. The van der Waals surface area contributed by atoms with Crippen molar-refractivity contribution in [1.82, 2.24) is 14.5 Å². The van der Waals surface area contributed by atoms with Gasteiger partial charge in [-0.05, 0) is 56.5 Å². The van der Waals surface area contributed by atoms with Crippen LogP contribution in [0, 0.1) is 18.6 Å². The fraction of sp³-hybridized carbons (Fsp3) is 0.280. The van der Waals surface area contributed by atoms with Gasteiger partial charge in [0.15, 0.2) is 0 Å². The van der Waals surface area contributed by atoms with Crippen LogP contribution in [-0.4, -0.2) is 34.0 Å². The van der Waals surface area contributed by atoms with Crippen LogP contribution in [0.15, 0.2) is 54.5 Å². The second-order valence-electron chi connectivity index (χ2n) is 7.97. The number of aryl methyl sites for hydroxylation is 1. The van der Waals surface area contributed by atoms with Gasteiger partial charge in [0, 0.05) is 29.9 Å². The van der Waals surface area contributed by atoms with Gasteiger partial charge in [0.1, 0.15) is 17.4 Å². The number of aromatic nitrogens is 2. The normalized spacial score (nSPS) is 16.5. The number of hydrogen-bond acceptors (Lipinski definition) is 3. The predicted octanol–water partition coefficient (Wildman–Crippen LogP) is 5.23. The highest BCUT2D eigenvalue weighted by molar-refractivity contribution is 5.98. The zero-order chi connectivity index (χ0) is 22.8. The minimum absolute atomic E-state index is 0.138. The Hall–Kier alpha value is -3.48. The average molecular weight is 437 g/mol. The Morgan fingerprint density at radius 3 is 2.69 bits per heavy atom. The summed E-state index contributed by atoms with van der Waals surface area (Å²) in [5, 5.41) is 0. The highest BCUT2D eigenvalue weighted by atomic mass is 19.1. The van der Waals surface area contributed by atoms with Gasteiger partial charge in [-0.25, -0.2) is 13.8 Å². The van der Waals surface area contributed by atoms with Crippen LogP contribution in [0.2, 0.25) is 0 Å². The molecule has 1 atom stereocenters. The fourth-order valence-electron chi connectivity index (χ4n) is 4.10. The molecule has 0 radical (unpaired) electrons. The summed E-state index contributed by atoms with van der Waals surface area (Å²) in [4.78, 5) is 19.1. The van der Waals surface area contributed by atoms with Gasteiger partial charge in [-0.1, -0.05) is 12.1 Å². The van der Waals surface area contributed by atoms with E-state index in [1.807, 2.05) is 42.0 Å². The summed E-state index contributed by atoms with van der Waals surface area (Å²) in [6.45, 7) is 4.21. The first-order chi connectivity index (χ1) is 15.4. The second kappa shape index (κ2) is 8.94. The van der Waals surface area contributed by atoms with Crippen molar-refractivity contribution in [1.29, 1.82) is 0 Å². The molecule has 3 aromatic rings. The van der Waals surface area contributed by atoms with Gasteiger partial charge in [-0.3, -0.25) is 4.79 Å². The van der Waals surface area contributed by atoms with E-state index >= 15 is 0 Å². The third-order valence-electron chi connectivity index (χ3n) is 5.80. The van der Waals surface area contributed by atoms with Crippen molar-refractivity contribution in [2.45, 2.75) is 32.7 Å². The summed E-state index contributed by atoms with van der Waals surface area (Å²) in [5.41, 5.74) is 3.56. The van der Waals surface area contributed by atoms with Gasteiger partial charge < -0.3 is 14.2 Å². The third kappa shape index (κ3) is 4.28. The Kier molecular flexibility index (Phi) is 6.08. The van der Waals surface area contributed by atoms with Crippen LogP contribution < -0.4 is 4.74 Å². The lowest BCUT2D eigenvalue weighted by molar-refractivity contribution is -0.130. The summed E-state index contributed by atoms with van der Waals surface area (Å²) < 4.78 is 35.0. The summed E-state index contributed by atoms with van der Waals surface area (Å²) >= 11 is 0. The highest BCUT2D eigenvalue weighted by Gasteiger charge is 2.29. The number of imidazole rings is 1. The van der Waals surface area contributed by atoms with Crippen LogP contribution in [-0.2, 0) is 4.79 Å². The lowest BCUT2D eigenvalue weighted by atomic mass is 9.97. The molecular formula is C25H25F2N3O2. The zero-order valence-corrected chi connectivity index (χ0v) is 18.3. The molecule has 1 saturated heterocycles. The maximum atomic E-state index is 14.3. The Labute approximate surface area is 186 Å². The van der Waals surface area contributed by atoms with Crippen LogP contribution in [0.4, 0.5) is 8.78 Å². The molecule has 1 fully saturated rings. The number of likely N-dealkylation sites (tertiary alicyclic amines) is 1. The molecule has 5 nitrogen and oxygen atoms in total. The van der Waals surface area contributed by atoms with Crippen molar-refractivity contribution in [3.05, 3.63) is 83.0 Å². The fourth-order valence-corrected chi connectivity index (χ4v) is 4.10. The van der Waals surface area contributed by atoms with Crippen molar-refractivity contribution in [2.24, 2.45) is 0 Å². The van der Waals surface area contributed by atoms with Gasteiger partial charge in [0.2, 0.25) is 5.91 Å². The van der Waals surface area contributed by atoms with Crippen molar-refractivity contribution >= 4 is 12.0 Å².